The zero-order valence-electron chi connectivity index (χ0n) is 26.4. The van der Waals surface area contributed by atoms with E-state index in [9.17, 15) is 0 Å². The molecule has 0 spiro atoms. The maximum Gasteiger partial charge on any atom is 0.0159 e. The van der Waals surface area contributed by atoms with Crippen LogP contribution in [0.5, 0.6) is 0 Å². The summed E-state index contributed by atoms with van der Waals surface area (Å²) in [6.45, 7) is 6.95. The zero-order chi connectivity index (χ0) is 31.0. The molecular formula is C46H34. The van der Waals surface area contributed by atoms with E-state index in [0.717, 1.165) is 0 Å². The highest BCUT2D eigenvalue weighted by molar-refractivity contribution is 6.23. The summed E-state index contributed by atoms with van der Waals surface area (Å²) < 4.78 is 0. The molecule has 0 bridgehead atoms. The summed E-state index contributed by atoms with van der Waals surface area (Å²) >= 11 is 0. The Balaban J connectivity index is 1.37. The summed E-state index contributed by atoms with van der Waals surface area (Å²) in [5.74, 6) is 0. The van der Waals surface area contributed by atoms with Gasteiger partial charge in [0, 0.05) is 5.41 Å². The number of hydrogen-bond donors (Lipinski definition) is 0. The van der Waals surface area contributed by atoms with Crippen LogP contribution in [0.4, 0.5) is 0 Å². The van der Waals surface area contributed by atoms with Gasteiger partial charge in [-0.25, -0.2) is 0 Å². The predicted octanol–water partition coefficient (Wildman–Crippen LogP) is 12.8. The summed E-state index contributed by atoms with van der Waals surface area (Å²) in [5, 5.41) is 7.72. The molecule has 0 unspecified atom stereocenters. The molecule has 0 radical (unpaired) electrons. The van der Waals surface area contributed by atoms with Crippen molar-refractivity contribution in [3.8, 4) is 44.5 Å². The normalized spacial score (nSPS) is 13.3. The number of rotatable bonds is 3. The molecule has 0 heteroatoms. The van der Waals surface area contributed by atoms with Crippen molar-refractivity contribution in [1.29, 1.82) is 0 Å². The number of aryl methyl sites for hydroxylation is 1. The Labute approximate surface area is 270 Å². The van der Waals surface area contributed by atoms with Crippen LogP contribution < -0.4 is 0 Å². The van der Waals surface area contributed by atoms with Crippen molar-refractivity contribution in [1.82, 2.24) is 0 Å². The van der Waals surface area contributed by atoms with E-state index in [2.05, 4.69) is 172 Å². The smallest absolute Gasteiger partial charge is 0.0159 e. The highest BCUT2D eigenvalue weighted by Crippen LogP contribution is 2.54. The average molecular weight is 587 g/mol. The van der Waals surface area contributed by atoms with Gasteiger partial charge in [0.2, 0.25) is 0 Å². The van der Waals surface area contributed by atoms with Crippen molar-refractivity contribution in [3.63, 3.8) is 0 Å². The van der Waals surface area contributed by atoms with Crippen LogP contribution in [0.25, 0.3) is 76.8 Å². The Morgan fingerprint density at radius 3 is 1.83 bits per heavy atom. The number of hydrogen-bond acceptors (Lipinski definition) is 0. The fourth-order valence-corrected chi connectivity index (χ4v) is 8.18. The van der Waals surface area contributed by atoms with Gasteiger partial charge >= 0.3 is 0 Å². The third kappa shape index (κ3) is 3.87. The molecule has 0 amide bonds. The molecule has 218 valence electrons. The summed E-state index contributed by atoms with van der Waals surface area (Å²) in [6, 6.07) is 56.5. The van der Waals surface area contributed by atoms with Gasteiger partial charge in [0.15, 0.2) is 0 Å². The molecular weight excluding hydrogens is 553 g/mol. The Kier molecular flexibility index (Phi) is 5.86. The maximum atomic E-state index is 2.40. The van der Waals surface area contributed by atoms with Crippen LogP contribution in [-0.4, -0.2) is 0 Å². The minimum absolute atomic E-state index is 0.0501. The van der Waals surface area contributed by atoms with Gasteiger partial charge in [-0.3, -0.25) is 0 Å². The van der Waals surface area contributed by atoms with Gasteiger partial charge in [0.25, 0.3) is 0 Å². The van der Waals surface area contributed by atoms with E-state index in [-0.39, 0.29) is 5.41 Å². The molecule has 0 saturated heterocycles. The van der Waals surface area contributed by atoms with Gasteiger partial charge in [-0.05, 0) is 101 Å². The van der Waals surface area contributed by atoms with E-state index in [0.29, 0.717) is 0 Å². The summed E-state index contributed by atoms with van der Waals surface area (Å²) in [5.41, 5.74) is 14.5. The molecule has 0 N–H and O–H groups in total. The fourth-order valence-electron chi connectivity index (χ4n) is 8.18. The van der Waals surface area contributed by atoms with Crippen LogP contribution in [0.3, 0.4) is 0 Å². The van der Waals surface area contributed by atoms with E-state index in [1.807, 2.05) is 0 Å². The maximum absolute atomic E-state index is 2.40. The largest absolute Gasteiger partial charge is 0.0619 e. The second-order valence-electron chi connectivity index (χ2n) is 13.4. The first-order valence-electron chi connectivity index (χ1n) is 16.3. The number of fused-ring (bicyclic) bond motifs is 6. The molecule has 0 atom stereocenters. The molecule has 0 nitrogen and oxygen atoms in total. The second kappa shape index (κ2) is 10.0. The highest BCUT2D eigenvalue weighted by atomic mass is 14.4. The van der Waals surface area contributed by atoms with E-state index >= 15 is 0 Å². The minimum Gasteiger partial charge on any atom is -0.0619 e. The van der Waals surface area contributed by atoms with Gasteiger partial charge in [0.1, 0.15) is 0 Å². The van der Waals surface area contributed by atoms with Crippen molar-refractivity contribution in [2.24, 2.45) is 0 Å². The van der Waals surface area contributed by atoms with E-state index < -0.39 is 0 Å². The van der Waals surface area contributed by atoms with Gasteiger partial charge in [0.05, 0.1) is 0 Å². The first-order chi connectivity index (χ1) is 22.5. The van der Waals surface area contributed by atoms with Gasteiger partial charge in [-0.1, -0.05) is 165 Å². The van der Waals surface area contributed by atoms with Crippen molar-refractivity contribution in [2.45, 2.75) is 26.2 Å². The van der Waals surface area contributed by atoms with Crippen LogP contribution in [0, 0.1) is 6.92 Å². The van der Waals surface area contributed by atoms with E-state index in [1.165, 1.54) is 93.5 Å². The third-order valence-electron chi connectivity index (χ3n) is 10.3. The zero-order valence-corrected chi connectivity index (χ0v) is 26.4. The lowest BCUT2D eigenvalue weighted by atomic mass is 9.80. The lowest BCUT2D eigenvalue weighted by Crippen LogP contribution is -2.14. The van der Waals surface area contributed by atoms with E-state index in [4.69, 9.17) is 0 Å². The third-order valence-corrected chi connectivity index (χ3v) is 10.3. The Morgan fingerprint density at radius 2 is 0.957 bits per heavy atom. The Morgan fingerprint density at radius 1 is 0.370 bits per heavy atom. The van der Waals surface area contributed by atoms with Crippen LogP contribution in [0.2, 0.25) is 0 Å². The minimum atomic E-state index is -0.0501. The van der Waals surface area contributed by atoms with Gasteiger partial charge < -0.3 is 0 Å². The van der Waals surface area contributed by atoms with Gasteiger partial charge in [-0.15, -0.1) is 0 Å². The predicted molar refractivity (Wildman–Crippen MR) is 198 cm³/mol. The first kappa shape index (κ1) is 26.9. The molecule has 1 aliphatic carbocycles. The summed E-state index contributed by atoms with van der Waals surface area (Å²) in [4.78, 5) is 0. The molecule has 0 saturated carbocycles. The molecule has 0 heterocycles. The van der Waals surface area contributed by atoms with Crippen molar-refractivity contribution >= 4 is 32.3 Å². The van der Waals surface area contributed by atoms with Crippen molar-refractivity contribution in [3.05, 3.63) is 168 Å². The Hall–Kier alpha value is -5.46. The average Bonchev–Trinajstić information content (AvgIpc) is 3.33. The number of benzene rings is 8. The summed E-state index contributed by atoms with van der Waals surface area (Å²) in [7, 11) is 0. The monoisotopic (exact) mass is 586 g/mol. The van der Waals surface area contributed by atoms with Gasteiger partial charge in [-0.2, -0.15) is 0 Å². The highest BCUT2D eigenvalue weighted by Gasteiger charge is 2.37. The Bertz CT molecular complexity index is 2500. The molecule has 46 heavy (non-hydrogen) atoms. The fraction of sp³-hybridized carbons (Fsp3) is 0.0870. The lowest BCUT2D eigenvalue weighted by Gasteiger charge is -2.23. The molecule has 8 aromatic carbocycles. The van der Waals surface area contributed by atoms with Crippen LogP contribution >= 0.6 is 0 Å². The molecule has 0 fully saturated rings. The first-order valence-corrected chi connectivity index (χ1v) is 16.3. The quantitative estimate of drug-likeness (QED) is 0.181. The molecule has 9 rings (SSSR count). The molecule has 1 aliphatic rings. The van der Waals surface area contributed by atoms with Crippen molar-refractivity contribution in [2.75, 3.05) is 0 Å². The van der Waals surface area contributed by atoms with Crippen molar-refractivity contribution < 1.29 is 0 Å². The lowest BCUT2D eigenvalue weighted by molar-refractivity contribution is 0.660. The summed E-state index contributed by atoms with van der Waals surface area (Å²) in [6.07, 6.45) is 0. The van der Waals surface area contributed by atoms with Crippen LogP contribution in [0.15, 0.2) is 152 Å². The van der Waals surface area contributed by atoms with Crippen LogP contribution in [-0.2, 0) is 5.41 Å². The topological polar surface area (TPSA) is 0 Å². The van der Waals surface area contributed by atoms with Crippen LogP contribution in [0.1, 0.15) is 30.5 Å². The van der Waals surface area contributed by atoms with E-state index in [1.54, 1.807) is 0 Å². The standard InChI is InChI=1S/C46H34/c1-29-25-26-37-40(27-29)44(39-22-12-24-42-45(39)38-20-8-9-23-41(38)46(42,2)3)36-19-7-6-18-35(36)43(37)32-16-10-15-31(28-32)34-21-11-14-30-13-4-5-17-33(30)34/h4-28H,1-3H3. The molecule has 0 aliphatic heterocycles. The SMILES string of the molecule is Cc1ccc2c(-c3cccc(-c4cccc5ccccc45)c3)c3ccccc3c(-c3cccc4c3-c3ccccc3C4(C)C)c2c1. The molecule has 0 aromatic heterocycles. The second-order valence-corrected chi connectivity index (χ2v) is 13.4. The molecule has 8 aromatic rings.